The van der Waals surface area contributed by atoms with Gasteiger partial charge in [-0.3, -0.25) is 0 Å². The van der Waals surface area contributed by atoms with Crippen molar-refractivity contribution in [1.29, 1.82) is 0 Å². The SMILES string of the molecule is CCCOc1cccc(NC2CN3CCC2CC3)c1. The van der Waals surface area contributed by atoms with Crippen molar-refractivity contribution in [3.05, 3.63) is 24.3 Å². The first kappa shape index (κ1) is 12.8. The molecule has 1 aromatic rings. The van der Waals surface area contributed by atoms with Gasteiger partial charge in [0.25, 0.3) is 0 Å². The maximum atomic E-state index is 5.70. The van der Waals surface area contributed by atoms with Crippen LogP contribution >= 0.6 is 0 Å². The number of fused-ring (bicyclic) bond motifs is 3. The lowest BCUT2D eigenvalue weighted by molar-refractivity contribution is 0.0975. The minimum atomic E-state index is 0.615. The van der Waals surface area contributed by atoms with Crippen LogP contribution in [0.25, 0.3) is 0 Å². The van der Waals surface area contributed by atoms with Crippen LogP contribution in [0.2, 0.25) is 0 Å². The van der Waals surface area contributed by atoms with Crippen LogP contribution in [0.15, 0.2) is 24.3 Å². The first-order valence-electron chi connectivity index (χ1n) is 7.57. The zero-order valence-corrected chi connectivity index (χ0v) is 11.8. The monoisotopic (exact) mass is 260 g/mol. The van der Waals surface area contributed by atoms with Crippen molar-refractivity contribution < 1.29 is 4.74 Å². The van der Waals surface area contributed by atoms with Gasteiger partial charge in [0.15, 0.2) is 0 Å². The molecular formula is C16H24N2O. The summed E-state index contributed by atoms with van der Waals surface area (Å²) < 4.78 is 5.70. The lowest BCUT2D eigenvalue weighted by Gasteiger charge is -2.45. The number of benzene rings is 1. The fourth-order valence-electron chi connectivity index (χ4n) is 3.24. The van der Waals surface area contributed by atoms with Gasteiger partial charge in [-0.15, -0.1) is 0 Å². The molecule has 4 rings (SSSR count). The molecule has 1 N–H and O–H groups in total. The second-order valence-corrected chi connectivity index (χ2v) is 5.77. The zero-order chi connectivity index (χ0) is 13.1. The summed E-state index contributed by atoms with van der Waals surface area (Å²) in [7, 11) is 0. The van der Waals surface area contributed by atoms with Gasteiger partial charge in [-0.1, -0.05) is 13.0 Å². The Kier molecular flexibility index (Phi) is 3.92. The van der Waals surface area contributed by atoms with Crippen molar-refractivity contribution in [2.75, 3.05) is 31.6 Å². The Morgan fingerprint density at radius 1 is 1.32 bits per heavy atom. The van der Waals surface area contributed by atoms with Crippen LogP contribution < -0.4 is 10.1 Å². The van der Waals surface area contributed by atoms with Crippen LogP contribution in [0.5, 0.6) is 5.75 Å². The van der Waals surface area contributed by atoms with Gasteiger partial charge in [0.05, 0.1) is 6.61 Å². The van der Waals surface area contributed by atoms with Gasteiger partial charge in [0, 0.05) is 24.3 Å². The molecule has 3 fully saturated rings. The summed E-state index contributed by atoms with van der Waals surface area (Å²) in [6.45, 7) is 6.72. The third kappa shape index (κ3) is 3.03. The molecular weight excluding hydrogens is 236 g/mol. The number of hydrogen-bond acceptors (Lipinski definition) is 3. The molecule has 104 valence electrons. The van der Waals surface area contributed by atoms with E-state index in [1.807, 2.05) is 6.07 Å². The van der Waals surface area contributed by atoms with Crippen molar-refractivity contribution >= 4 is 5.69 Å². The molecule has 3 nitrogen and oxygen atoms in total. The second-order valence-electron chi connectivity index (χ2n) is 5.77. The highest BCUT2D eigenvalue weighted by molar-refractivity contribution is 5.49. The summed E-state index contributed by atoms with van der Waals surface area (Å²) in [6.07, 6.45) is 3.75. The molecule has 1 unspecified atom stereocenters. The van der Waals surface area contributed by atoms with Gasteiger partial charge in [-0.2, -0.15) is 0 Å². The molecule has 2 bridgehead atoms. The third-order valence-corrected chi connectivity index (χ3v) is 4.32. The first-order chi connectivity index (χ1) is 9.35. The van der Waals surface area contributed by atoms with Crippen LogP contribution in [-0.2, 0) is 0 Å². The fraction of sp³-hybridized carbons (Fsp3) is 0.625. The van der Waals surface area contributed by atoms with Crippen molar-refractivity contribution in [3.8, 4) is 5.75 Å². The van der Waals surface area contributed by atoms with Crippen molar-refractivity contribution in [1.82, 2.24) is 4.90 Å². The highest BCUT2D eigenvalue weighted by atomic mass is 16.5. The van der Waals surface area contributed by atoms with E-state index >= 15 is 0 Å². The molecule has 3 aliphatic heterocycles. The Hall–Kier alpha value is -1.22. The molecule has 19 heavy (non-hydrogen) atoms. The van der Waals surface area contributed by atoms with Crippen LogP contribution in [-0.4, -0.2) is 37.2 Å². The smallest absolute Gasteiger partial charge is 0.121 e. The number of nitrogens with one attached hydrogen (secondary N) is 1. The van der Waals surface area contributed by atoms with E-state index in [-0.39, 0.29) is 0 Å². The topological polar surface area (TPSA) is 24.5 Å². The van der Waals surface area contributed by atoms with E-state index in [9.17, 15) is 0 Å². The summed E-state index contributed by atoms with van der Waals surface area (Å²) >= 11 is 0. The highest BCUT2D eigenvalue weighted by Crippen LogP contribution is 2.30. The number of ether oxygens (including phenoxy) is 1. The minimum absolute atomic E-state index is 0.615. The maximum absolute atomic E-state index is 5.70. The number of anilines is 1. The Labute approximate surface area is 115 Å². The molecule has 0 amide bonds. The molecule has 0 spiro atoms. The van der Waals surface area contributed by atoms with Crippen LogP contribution in [0.1, 0.15) is 26.2 Å². The number of hydrogen-bond donors (Lipinski definition) is 1. The van der Waals surface area contributed by atoms with E-state index in [4.69, 9.17) is 4.74 Å². The van der Waals surface area contributed by atoms with Crippen LogP contribution in [0.3, 0.4) is 0 Å². The molecule has 3 saturated heterocycles. The standard InChI is InChI=1S/C16H24N2O/c1-2-10-19-15-5-3-4-14(11-15)17-16-12-18-8-6-13(16)7-9-18/h3-5,11,13,16-17H,2,6-10,12H2,1H3. The molecule has 1 aromatic carbocycles. The van der Waals surface area contributed by atoms with Gasteiger partial charge < -0.3 is 15.0 Å². The first-order valence-corrected chi connectivity index (χ1v) is 7.57. The van der Waals surface area contributed by atoms with E-state index in [2.05, 4.69) is 35.3 Å². The predicted octanol–water partition coefficient (Wildman–Crippen LogP) is 2.98. The van der Waals surface area contributed by atoms with Crippen molar-refractivity contribution in [3.63, 3.8) is 0 Å². The van der Waals surface area contributed by atoms with Gasteiger partial charge in [0.1, 0.15) is 5.75 Å². The quantitative estimate of drug-likeness (QED) is 0.881. The average molecular weight is 260 g/mol. The molecule has 3 heteroatoms. The van der Waals surface area contributed by atoms with Gasteiger partial charge in [-0.05, 0) is 50.4 Å². The average Bonchev–Trinajstić information content (AvgIpc) is 2.47. The van der Waals surface area contributed by atoms with Gasteiger partial charge >= 0.3 is 0 Å². The lowest BCUT2D eigenvalue weighted by atomic mass is 9.84. The van der Waals surface area contributed by atoms with Gasteiger partial charge in [-0.25, -0.2) is 0 Å². The molecule has 0 saturated carbocycles. The van der Waals surface area contributed by atoms with Crippen LogP contribution in [0, 0.1) is 5.92 Å². The minimum Gasteiger partial charge on any atom is -0.494 e. The zero-order valence-electron chi connectivity index (χ0n) is 11.8. The molecule has 1 atom stereocenters. The van der Waals surface area contributed by atoms with E-state index in [1.54, 1.807) is 0 Å². The number of nitrogens with zero attached hydrogens (tertiary/aromatic N) is 1. The lowest BCUT2D eigenvalue weighted by Crippen LogP contribution is -2.53. The summed E-state index contributed by atoms with van der Waals surface area (Å²) in [5.74, 6) is 1.83. The maximum Gasteiger partial charge on any atom is 0.121 e. The Morgan fingerprint density at radius 2 is 2.16 bits per heavy atom. The Morgan fingerprint density at radius 3 is 2.84 bits per heavy atom. The predicted molar refractivity (Wildman–Crippen MR) is 78.8 cm³/mol. The number of rotatable bonds is 5. The van der Waals surface area contributed by atoms with E-state index in [1.165, 1.54) is 38.2 Å². The highest BCUT2D eigenvalue weighted by Gasteiger charge is 2.33. The molecule has 3 heterocycles. The Balaban J connectivity index is 1.63. The van der Waals surface area contributed by atoms with E-state index in [0.717, 1.165) is 24.7 Å². The van der Waals surface area contributed by atoms with E-state index < -0.39 is 0 Å². The Bertz CT molecular complexity index is 413. The summed E-state index contributed by atoms with van der Waals surface area (Å²) in [6, 6.07) is 9.01. The summed E-state index contributed by atoms with van der Waals surface area (Å²) in [4.78, 5) is 2.58. The second kappa shape index (κ2) is 5.83. The molecule has 3 aliphatic rings. The van der Waals surface area contributed by atoms with E-state index in [0.29, 0.717) is 6.04 Å². The fourth-order valence-corrected chi connectivity index (χ4v) is 3.24. The normalized spacial score (nSPS) is 29.2. The molecule has 0 radical (unpaired) electrons. The third-order valence-electron chi connectivity index (χ3n) is 4.32. The summed E-state index contributed by atoms with van der Waals surface area (Å²) in [5.41, 5.74) is 1.20. The molecule has 0 aliphatic carbocycles. The van der Waals surface area contributed by atoms with Crippen molar-refractivity contribution in [2.45, 2.75) is 32.2 Å². The largest absolute Gasteiger partial charge is 0.494 e. The van der Waals surface area contributed by atoms with Gasteiger partial charge in [0.2, 0.25) is 0 Å². The summed E-state index contributed by atoms with van der Waals surface area (Å²) in [5, 5.41) is 3.71. The van der Waals surface area contributed by atoms with Crippen LogP contribution in [0.4, 0.5) is 5.69 Å². The number of piperidine rings is 3. The van der Waals surface area contributed by atoms with Crippen molar-refractivity contribution in [2.24, 2.45) is 5.92 Å². The molecule has 0 aromatic heterocycles.